The molecule has 0 aromatic rings. The van der Waals surface area contributed by atoms with E-state index in [9.17, 15) is 0 Å². The molecule has 0 spiro atoms. The molecule has 3 heteroatoms. The van der Waals surface area contributed by atoms with Crippen molar-refractivity contribution in [3.05, 3.63) is 0 Å². The minimum Gasteiger partial charge on any atom is -0.381 e. The molecule has 1 rings (SSSR count). The van der Waals surface area contributed by atoms with Crippen LogP contribution in [0.3, 0.4) is 0 Å². The van der Waals surface area contributed by atoms with Crippen LogP contribution >= 0.6 is 0 Å². The number of rotatable bonds is 9. The van der Waals surface area contributed by atoms with Gasteiger partial charge in [-0.3, -0.25) is 0 Å². The van der Waals surface area contributed by atoms with E-state index in [-0.39, 0.29) is 5.54 Å². The minimum atomic E-state index is -0.350. The molecule has 1 aliphatic rings. The molecule has 0 aromatic carbocycles. The lowest BCUT2D eigenvalue weighted by molar-refractivity contribution is 0.100. The van der Waals surface area contributed by atoms with Gasteiger partial charge in [0.1, 0.15) is 5.54 Å². The van der Waals surface area contributed by atoms with Gasteiger partial charge < -0.3 is 10.1 Å². The molecule has 17 heavy (non-hydrogen) atoms. The van der Waals surface area contributed by atoms with Crippen LogP contribution < -0.4 is 5.32 Å². The molecule has 0 amide bonds. The molecule has 0 heterocycles. The Morgan fingerprint density at radius 3 is 2.65 bits per heavy atom. The van der Waals surface area contributed by atoms with Crippen LogP contribution in [0.1, 0.15) is 51.9 Å². The molecule has 1 N–H and O–H groups in total. The summed E-state index contributed by atoms with van der Waals surface area (Å²) in [5, 5.41) is 12.3. The first-order chi connectivity index (χ1) is 8.26. The molecule has 0 bridgehead atoms. The lowest BCUT2D eigenvalue weighted by Crippen LogP contribution is -2.40. The number of nitriles is 1. The first-order valence-electron chi connectivity index (χ1n) is 6.94. The summed E-state index contributed by atoms with van der Waals surface area (Å²) >= 11 is 0. The Morgan fingerprint density at radius 2 is 2.18 bits per heavy atom. The lowest BCUT2D eigenvalue weighted by Gasteiger charge is -2.25. The molecule has 0 radical (unpaired) electrons. The maximum absolute atomic E-state index is 9.14. The highest BCUT2D eigenvalue weighted by Gasteiger charge is 2.24. The zero-order valence-electron chi connectivity index (χ0n) is 11.3. The van der Waals surface area contributed by atoms with E-state index in [2.05, 4.69) is 18.3 Å². The van der Waals surface area contributed by atoms with Crippen LogP contribution in [0.25, 0.3) is 0 Å². The van der Waals surface area contributed by atoms with Crippen LogP contribution in [0.4, 0.5) is 0 Å². The highest BCUT2D eigenvalue weighted by Crippen LogP contribution is 2.29. The summed E-state index contributed by atoms with van der Waals surface area (Å²) in [5.41, 5.74) is -0.350. The van der Waals surface area contributed by atoms with E-state index >= 15 is 0 Å². The smallest absolute Gasteiger partial charge is 0.106 e. The Hall–Kier alpha value is -0.590. The molecule has 98 valence electrons. The summed E-state index contributed by atoms with van der Waals surface area (Å²) in [6, 6.07) is 2.38. The standard InChI is InChI=1S/C14H26N2O/c1-3-14(12-15,16-2)9-5-10-17-11-8-13-6-4-7-13/h13,16H,3-11H2,1-2H3. The Balaban J connectivity index is 2.00. The summed E-state index contributed by atoms with van der Waals surface area (Å²) in [4.78, 5) is 0. The van der Waals surface area contributed by atoms with Crippen molar-refractivity contribution in [2.75, 3.05) is 20.3 Å². The van der Waals surface area contributed by atoms with Crippen LogP contribution in [0.15, 0.2) is 0 Å². The van der Waals surface area contributed by atoms with E-state index < -0.39 is 0 Å². The molecular weight excluding hydrogens is 212 g/mol. The first kappa shape index (κ1) is 14.5. The predicted octanol–water partition coefficient (Wildman–Crippen LogP) is 2.87. The molecule has 3 nitrogen and oxygen atoms in total. The third-order valence-corrected chi connectivity index (χ3v) is 4.08. The van der Waals surface area contributed by atoms with E-state index in [1.165, 1.54) is 25.7 Å². The number of hydrogen-bond acceptors (Lipinski definition) is 3. The lowest BCUT2D eigenvalue weighted by atomic mass is 9.83. The van der Waals surface area contributed by atoms with Crippen LogP contribution in [0.5, 0.6) is 0 Å². The molecule has 1 unspecified atom stereocenters. The quantitative estimate of drug-likeness (QED) is 0.628. The third kappa shape index (κ3) is 4.65. The summed E-state index contributed by atoms with van der Waals surface area (Å²) in [6.45, 7) is 3.74. The number of hydrogen-bond donors (Lipinski definition) is 1. The summed E-state index contributed by atoms with van der Waals surface area (Å²) in [6.07, 6.45) is 8.12. The number of ether oxygens (including phenoxy) is 1. The fourth-order valence-electron chi connectivity index (χ4n) is 2.28. The minimum absolute atomic E-state index is 0.350. The summed E-state index contributed by atoms with van der Waals surface area (Å²) in [5.74, 6) is 0.932. The second-order valence-electron chi connectivity index (χ2n) is 5.10. The molecule has 0 aliphatic heterocycles. The van der Waals surface area contributed by atoms with Gasteiger partial charge >= 0.3 is 0 Å². The van der Waals surface area contributed by atoms with Crippen LogP contribution in [-0.2, 0) is 4.74 Å². The molecule has 1 fully saturated rings. The molecule has 0 saturated heterocycles. The Kier molecular flexibility index (Phi) is 6.54. The van der Waals surface area contributed by atoms with E-state index in [4.69, 9.17) is 10.00 Å². The van der Waals surface area contributed by atoms with Crippen molar-refractivity contribution < 1.29 is 4.74 Å². The van der Waals surface area contributed by atoms with E-state index in [1.807, 2.05) is 7.05 Å². The second kappa shape index (κ2) is 7.68. The normalized spacial score (nSPS) is 19.4. The van der Waals surface area contributed by atoms with Crippen molar-refractivity contribution >= 4 is 0 Å². The van der Waals surface area contributed by atoms with Gasteiger partial charge in [-0.1, -0.05) is 26.2 Å². The number of nitrogens with zero attached hydrogens (tertiary/aromatic N) is 1. The molecule has 0 aromatic heterocycles. The van der Waals surface area contributed by atoms with Gasteiger partial charge in [0.05, 0.1) is 6.07 Å². The number of nitrogens with one attached hydrogen (secondary N) is 1. The molecular formula is C14H26N2O. The topological polar surface area (TPSA) is 45.0 Å². The van der Waals surface area contributed by atoms with Gasteiger partial charge in [-0.2, -0.15) is 5.26 Å². The largest absolute Gasteiger partial charge is 0.381 e. The van der Waals surface area contributed by atoms with Crippen LogP contribution in [0, 0.1) is 17.2 Å². The van der Waals surface area contributed by atoms with Crippen molar-refractivity contribution in [1.82, 2.24) is 5.32 Å². The van der Waals surface area contributed by atoms with Gasteiger partial charge in [-0.25, -0.2) is 0 Å². The van der Waals surface area contributed by atoms with E-state index in [0.717, 1.165) is 38.4 Å². The molecule has 1 aliphatic carbocycles. The highest BCUT2D eigenvalue weighted by atomic mass is 16.5. The van der Waals surface area contributed by atoms with Gasteiger partial charge in [0.15, 0.2) is 0 Å². The fraction of sp³-hybridized carbons (Fsp3) is 0.929. The SMILES string of the molecule is CCC(C#N)(CCCOCCC1CCC1)NC. The van der Waals surface area contributed by atoms with E-state index in [1.54, 1.807) is 0 Å². The van der Waals surface area contributed by atoms with Gasteiger partial charge in [0.25, 0.3) is 0 Å². The average molecular weight is 238 g/mol. The maximum Gasteiger partial charge on any atom is 0.106 e. The van der Waals surface area contributed by atoms with Crippen molar-refractivity contribution in [2.24, 2.45) is 5.92 Å². The zero-order chi connectivity index (χ0) is 12.6. The van der Waals surface area contributed by atoms with Crippen molar-refractivity contribution in [3.8, 4) is 6.07 Å². The monoisotopic (exact) mass is 238 g/mol. The Morgan fingerprint density at radius 1 is 1.41 bits per heavy atom. The van der Waals surface area contributed by atoms with Crippen LogP contribution in [-0.4, -0.2) is 25.8 Å². The van der Waals surface area contributed by atoms with Crippen molar-refractivity contribution in [3.63, 3.8) is 0 Å². The zero-order valence-corrected chi connectivity index (χ0v) is 11.3. The van der Waals surface area contributed by atoms with Crippen molar-refractivity contribution in [2.45, 2.75) is 57.4 Å². The van der Waals surface area contributed by atoms with Gasteiger partial charge in [-0.15, -0.1) is 0 Å². The molecule has 1 saturated carbocycles. The van der Waals surface area contributed by atoms with E-state index in [0.29, 0.717) is 0 Å². The van der Waals surface area contributed by atoms with Crippen molar-refractivity contribution in [1.29, 1.82) is 5.26 Å². The predicted molar refractivity (Wildman–Crippen MR) is 69.7 cm³/mol. The highest BCUT2D eigenvalue weighted by molar-refractivity contribution is 5.05. The van der Waals surface area contributed by atoms with Crippen LogP contribution in [0.2, 0.25) is 0 Å². The molecule has 1 atom stereocenters. The second-order valence-corrected chi connectivity index (χ2v) is 5.10. The van der Waals surface area contributed by atoms with Gasteiger partial charge in [0, 0.05) is 13.2 Å². The average Bonchev–Trinajstić information content (AvgIpc) is 2.31. The van der Waals surface area contributed by atoms with Gasteiger partial charge in [-0.05, 0) is 38.6 Å². The van der Waals surface area contributed by atoms with Gasteiger partial charge in [0.2, 0.25) is 0 Å². The third-order valence-electron chi connectivity index (χ3n) is 4.08. The maximum atomic E-state index is 9.14. The first-order valence-corrected chi connectivity index (χ1v) is 6.94. The Bertz CT molecular complexity index is 239. The summed E-state index contributed by atoms with van der Waals surface area (Å²) < 4.78 is 5.63. The fourth-order valence-corrected chi connectivity index (χ4v) is 2.28. The Labute approximate surface area is 106 Å². The summed E-state index contributed by atoms with van der Waals surface area (Å²) in [7, 11) is 1.87.